The van der Waals surface area contributed by atoms with E-state index in [9.17, 15) is 12.8 Å². The number of alkyl halides is 1. The van der Waals surface area contributed by atoms with Crippen LogP contribution in [0, 0.1) is 0 Å². The molecule has 0 bridgehead atoms. The highest BCUT2D eigenvalue weighted by molar-refractivity contribution is 7.93. The van der Waals surface area contributed by atoms with E-state index in [0.29, 0.717) is 15.2 Å². The second-order valence-corrected chi connectivity index (χ2v) is 7.83. The van der Waals surface area contributed by atoms with Crippen molar-refractivity contribution in [1.82, 2.24) is 9.97 Å². The van der Waals surface area contributed by atoms with Gasteiger partial charge in [0.1, 0.15) is 0 Å². The lowest BCUT2D eigenvalue weighted by molar-refractivity contribution is 0.423. The molecule has 0 amide bonds. The summed E-state index contributed by atoms with van der Waals surface area (Å²) in [5, 5.41) is 0.309. The van der Waals surface area contributed by atoms with Crippen LogP contribution in [0.15, 0.2) is 46.9 Å². The van der Waals surface area contributed by atoms with Crippen molar-refractivity contribution in [3.8, 4) is 0 Å². The first-order valence-corrected chi connectivity index (χ1v) is 8.57. The molecule has 3 aromatic rings. The maximum absolute atomic E-state index is 14.3. The van der Waals surface area contributed by atoms with Gasteiger partial charge in [-0.25, -0.2) is 17.8 Å². The fourth-order valence-electron chi connectivity index (χ4n) is 1.74. The summed E-state index contributed by atoms with van der Waals surface area (Å²) in [6.07, 6.45) is 1.21. The Labute approximate surface area is 129 Å². The van der Waals surface area contributed by atoms with E-state index in [0.717, 1.165) is 11.3 Å². The van der Waals surface area contributed by atoms with Crippen LogP contribution in [0.4, 0.5) is 4.39 Å². The van der Waals surface area contributed by atoms with Gasteiger partial charge >= 0.3 is 0 Å². The van der Waals surface area contributed by atoms with Gasteiger partial charge in [0.25, 0.3) is 0 Å². The molecule has 8 heteroatoms. The van der Waals surface area contributed by atoms with Gasteiger partial charge in [0, 0.05) is 6.20 Å². The van der Waals surface area contributed by atoms with E-state index in [-0.39, 0.29) is 10.0 Å². The molecule has 1 unspecified atom stereocenters. The maximum Gasteiger partial charge on any atom is 0.249 e. The van der Waals surface area contributed by atoms with E-state index in [1.807, 2.05) is 0 Å². The molecule has 0 N–H and O–H groups in total. The molecule has 0 aliphatic heterocycles. The second kappa shape index (κ2) is 5.32. The van der Waals surface area contributed by atoms with Crippen molar-refractivity contribution in [2.45, 2.75) is 9.84 Å². The van der Waals surface area contributed by atoms with E-state index in [1.54, 1.807) is 24.3 Å². The number of hydrogen-bond donors (Lipinski definition) is 0. The molecule has 0 fully saturated rings. The lowest BCUT2D eigenvalue weighted by Gasteiger charge is -2.06. The molecule has 0 saturated carbocycles. The minimum absolute atomic E-state index is 0.210. The normalized spacial score (nSPS) is 13.4. The number of rotatable bonds is 3. The fraction of sp³-hybridized carbons (Fsp3) is 0.0769. The molecule has 1 aromatic carbocycles. The van der Waals surface area contributed by atoms with E-state index in [1.165, 1.54) is 18.3 Å². The molecule has 1 atom stereocenters. The molecule has 21 heavy (non-hydrogen) atoms. The molecule has 2 aromatic heterocycles. The second-order valence-electron chi connectivity index (χ2n) is 4.21. The van der Waals surface area contributed by atoms with Gasteiger partial charge in [0.2, 0.25) is 19.7 Å². The average molecular weight is 343 g/mol. The third kappa shape index (κ3) is 2.64. The molecule has 0 spiro atoms. The molecule has 4 nitrogen and oxygen atoms in total. The third-order valence-electron chi connectivity index (χ3n) is 2.77. The Morgan fingerprint density at radius 1 is 1.19 bits per heavy atom. The van der Waals surface area contributed by atoms with Crippen LogP contribution in [-0.4, -0.2) is 18.4 Å². The van der Waals surface area contributed by atoms with Crippen molar-refractivity contribution >= 4 is 43.0 Å². The average Bonchev–Trinajstić information content (AvgIpc) is 2.92. The minimum atomic E-state index is -4.23. The highest BCUT2D eigenvalue weighted by atomic mass is 35.5. The Morgan fingerprint density at radius 3 is 2.62 bits per heavy atom. The summed E-state index contributed by atoms with van der Waals surface area (Å²) in [4.78, 5) is 7.70. The first-order valence-electron chi connectivity index (χ1n) is 5.83. The number of thiazole rings is 1. The van der Waals surface area contributed by atoms with Crippen molar-refractivity contribution < 1.29 is 12.8 Å². The molecule has 0 saturated heterocycles. The van der Waals surface area contributed by atoms with Gasteiger partial charge in [-0.05, 0) is 24.3 Å². The number of sulfone groups is 1. The van der Waals surface area contributed by atoms with Crippen LogP contribution in [0.1, 0.15) is 11.2 Å². The number of benzene rings is 1. The topological polar surface area (TPSA) is 59.9 Å². The Morgan fingerprint density at radius 2 is 1.95 bits per heavy atom. The number of fused-ring (bicyclic) bond motifs is 1. The third-order valence-corrected chi connectivity index (χ3v) is 6.14. The molecule has 108 valence electrons. The molecular weight excluding hydrogens is 335 g/mol. The van der Waals surface area contributed by atoms with Crippen LogP contribution in [-0.2, 0) is 9.84 Å². The van der Waals surface area contributed by atoms with Crippen molar-refractivity contribution in [3.05, 3.63) is 53.3 Å². The van der Waals surface area contributed by atoms with Crippen LogP contribution in [0.25, 0.3) is 10.2 Å². The number of pyridine rings is 1. The van der Waals surface area contributed by atoms with Crippen molar-refractivity contribution in [2.75, 3.05) is 0 Å². The van der Waals surface area contributed by atoms with Crippen LogP contribution in [0.5, 0.6) is 0 Å². The Bertz CT molecular complexity index is 861. The summed E-state index contributed by atoms with van der Waals surface area (Å²) < 4.78 is 39.3. The van der Waals surface area contributed by atoms with Gasteiger partial charge in [-0.2, -0.15) is 0 Å². The molecule has 3 rings (SSSR count). The molecule has 0 aliphatic rings. The lowest BCUT2D eigenvalue weighted by Crippen LogP contribution is -2.10. The molecule has 2 heterocycles. The first kappa shape index (κ1) is 14.4. The van der Waals surface area contributed by atoms with E-state index in [4.69, 9.17) is 11.6 Å². The van der Waals surface area contributed by atoms with Crippen molar-refractivity contribution in [1.29, 1.82) is 0 Å². The van der Waals surface area contributed by atoms with E-state index < -0.39 is 15.3 Å². The zero-order chi connectivity index (χ0) is 15.0. The lowest BCUT2D eigenvalue weighted by atomic mass is 10.3. The summed E-state index contributed by atoms with van der Waals surface area (Å²) >= 11 is 6.59. The maximum atomic E-state index is 14.3. The summed E-state index contributed by atoms with van der Waals surface area (Å²) in [5.41, 5.74) is -1.95. The first-order chi connectivity index (χ1) is 9.98. The Hall–Kier alpha value is -1.57. The van der Waals surface area contributed by atoms with Crippen molar-refractivity contribution in [3.63, 3.8) is 0 Å². The summed E-state index contributed by atoms with van der Waals surface area (Å²) in [6, 6.07) is 9.57. The SMILES string of the molecule is O=S(=O)(c1nc2ccccc2s1)C(F)c1ccc(Cl)cn1. The van der Waals surface area contributed by atoms with Gasteiger partial charge in [-0.1, -0.05) is 23.7 Å². The zero-order valence-electron chi connectivity index (χ0n) is 10.4. The van der Waals surface area contributed by atoms with Gasteiger partial charge in [-0.15, -0.1) is 11.3 Å². The molecule has 0 radical (unpaired) electrons. The smallest absolute Gasteiger partial charge is 0.249 e. The van der Waals surface area contributed by atoms with Crippen LogP contribution >= 0.6 is 22.9 Å². The highest BCUT2D eigenvalue weighted by Gasteiger charge is 2.33. The van der Waals surface area contributed by atoms with Gasteiger partial charge in [0.05, 0.1) is 20.9 Å². The minimum Gasteiger partial charge on any atom is -0.256 e. The van der Waals surface area contributed by atoms with E-state index in [2.05, 4.69) is 9.97 Å². The standard InChI is InChI=1S/C13H8ClFN2O2S2/c14-8-5-6-10(16-7-8)12(15)21(18,19)13-17-9-3-1-2-4-11(9)20-13/h1-7,12H. The van der Waals surface area contributed by atoms with Crippen LogP contribution in [0.2, 0.25) is 5.02 Å². The largest absolute Gasteiger partial charge is 0.256 e. The monoisotopic (exact) mass is 342 g/mol. The van der Waals surface area contributed by atoms with Gasteiger partial charge in [0.15, 0.2) is 0 Å². The number of para-hydroxylation sites is 1. The highest BCUT2D eigenvalue weighted by Crippen LogP contribution is 2.34. The van der Waals surface area contributed by atoms with Crippen LogP contribution in [0.3, 0.4) is 0 Å². The zero-order valence-corrected chi connectivity index (χ0v) is 12.8. The van der Waals surface area contributed by atoms with Crippen LogP contribution < -0.4 is 0 Å². The number of nitrogens with zero attached hydrogens (tertiary/aromatic N) is 2. The number of halogens is 2. The quantitative estimate of drug-likeness (QED) is 0.726. The van der Waals surface area contributed by atoms with Gasteiger partial charge < -0.3 is 0 Å². The molecule has 0 aliphatic carbocycles. The Balaban J connectivity index is 2.04. The summed E-state index contributed by atoms with van der Waals surface area (Å²) in [6.45, 7) is 0. The summed E-state index contributed by atoms with van der Waals surface area (Å²) in [7, 11) is -4.23. The molecular formula is C13H8ClFN2O2S2. The predicted molar refractivity (Wildman–Crippen MR) is 79.9 cm³/mol. The Kier molecular flexibility index (Phi) is 3.64. The van der Waals surface area contributed by atoms with E-state index >= 15 is 0 Å². The predicted octanol–water partition coefficient (Wildman–Crippen LogP) is 3.79. The van der Waals surface area contributed by atoms with Gasteiger partial charge in [-0.3, -0.25) is 4.98 Å². The number of hydrogen-bond acceptors (Lipinski definition) is 5. The number of aromatic nitrogens is 2. The fourth-order valence-corrected chi connectivity index (χ4v) is 4.40. The summed E-state index contributed by atoms with van der Waals surface area (Å²) in [5.74, 6) is 0. The van der Waals surface area contributed by atoms with Crippen molar-refractivity contribution in [2.24, 2.45) is 0 Å².